The first-order valence-electron chi connectivity index (χ1n) is 7.51. The van der Waals surface area contributed by atoms with Gasteiger partial charge in [-0.05, 0) is 30.7 Å². The van der Waals surface area contributed by atoms with Crippen LogP contribution in [0.4, 0.5) is 0 Å². The minimum Gasteiger partial charge on any atom is -0.486 e. The molecule has 1 aliphatic rings. The van der Waals surface area contributed by atoms with Gasteiger partial charge in [-0.1, -0.05) is 6.07 Å². The average Bonchev–Trinajstić information content (AvgIpc) is 2.94. The molecule has 0 radical (unpaired) electrons. The highest BCUT2D eigenvalue weighted by atomic mass is 16.6. The van der Waals surface area contributed by atoms with E-state index in [0.717, 1.165) is 5.56 Å². The van der Waals surface area contributed by atoms with Crippen LogP contribution in [-0.4, -0.2) is 30.2 Å². The van der Waals surface area contributed by atoms with Gasteiger partial charge in [0.25, 0.3) is 0 Å². The second-order valence-corrected chi connectivity index (χ2v) is 5.42. The lowest BCUT2D eigenvalue weighted by Crippen LogP contribution is -2.24. The number of aromatic carboxylic acids is 1. The monoisotopic (exact) mass is 331 g/mol. The van der Waals surface area contributed by atoms with Crippen LogP contribution in [0, 0.1) is 6.92 Å². The zero-order valence-corrected chi connectivity index (χ0v) is 13.1. The van der Waals surface area contributed by atoms with Gasteiger partial charge in [0.05, 0.1) is 13.0 Å². The molecule has 2 aromatic rings. The zero-order chi connectivity index (χ0) is 17.1. The Morgan fingerprint density at radius 3 is 2.62 bits per heavy atom. The molecule has 1 aromatic heterocycles. The molecule has 0 aliphatic carbocycles. The van der Waals surface area contributed by atoms with E-state index in [4.69, 9.17) is 19.0 Å². The Morgan fingerprint density at radius 2 is 1.92 bits per heavy atom. The molecule has 7 heteroatoms. The van der Waals surface area contributed by atoms with Crippen molar-refractivity contribution in [2.24, 2.45) is 0 Å². The maximum Gasteiger partial charge on any atom is 0.339 e. The van der Waals surface area contributed by atoms with Crippen LogP contribution in [0.25, 0.3) is 0 Å². The predicted octanol–water partition coefficient (Wildman–Crippen LogP) is 1.92. The van der Waals surface area contributed by atoms with Crippen molar-refractivity contribution in [3.8, 4) is 11.5 Å². The highest BCUT2D eigenvalue weighted by molar-refractivity contribution is 5.88. The van der Waals surface area contributed by atoms with E-state index in [-0.39, 0.29) is 24.4 Å². The molecular weight excluding hydrogens is 314 g/mol. The van der Waals surface area contributed by atoms with Gasteiger partial charge in [-0.25, -0.2) is 4.79 Å². The molecule has 2 heterocycles. The van der Waals surface area contributed by atoms with Gasteiger partial charge in [-0.3, -0.25) is 4.79 Å². The lowest BCUT2D eigenvalue weighted by Gasteiger charge is -2.18. The number of carboxylic acids is 1. The SMILES string of the molecule is Cc1oc(CNC(=O)Cc2ccc3c(c2)OCCO3)cc1C(=O)O. The molecule has 1 amide bonds. The van der Waals surface area contributed by atoms with Crippen LogP contribution >= 0.6 is 0 Å². The number of amides is 1. The maximum absolute atomic E-state index is 12.0. The topological polar surface area (TPSA) is 98.0 Å². The Kier molecular flexibility index (Phi) is 4.41. The summed E-state index contributed by atoms with van der Waals surface area (Å²) < 4.78 is 16.2. The number of hydrogen-bond acceptors (Lipinski definition) is 5. The Hall–Kier alpha value is -2.96. The lowest BCUT2D eigenvalue weighted by atomic mass is 10.1. The average molecular weight is 331 g/mol. The first-order chi connectivity index (χ1) is 11.5. The van der Waals surface area contributed by atoms with E-state index in [1.807, 2.05) is 6.07 Å². The van der Waals surface area contributed by atoms with Crippen LogP contribution in [0.3, 0.4) is 0 Å². The number of ether oxygens (including phenoxy) is 2. The van der Waals surface area contributed by atoms with Gasteiger partial charge in [0.15, 0.2) is 11.5 Å². The minimum atomic E-state index is -1.05. The van der Waals surface area contributed by atoms with E-state index in [9.17, 15) is 9.59 Å². The molecular formula is C17H17NO6. The Morgan fingerprint density at radius 1 is 1.17 bits per heavy atom. The van der Waals surface area contributed by atoms with E-state index < -0.39 is 5.97 Å². The van der Waals surface area contributed by atoms with Gasteiger partial charge in [-0.2, -0.15) is 0 Å². The molecule has 0 atom stereocenters. The van der Waals surface area contributed by atoms with Gasteiger partial charge in [-0.15, -0.1) is 0 Å². The fraction of sp³-hybridized carbons (Fsp3) is 0.294. The summed E-state index contributed by atoms with van der Waals surface area (Å²) in [4.78, 5) is 23.0. The maximum atomic E-state index is 12.0. The largest absolute Gasteiger partial charge is 0.486 e. The van der Waals surface area contributed by atoms with Gasteiger partial charge in [0, 0.05) is 0 Å². The van der Waals surface area contributed by atoms with E-state index in [1.54, 1.807) is 19.1 Å². The third-order valence-corrected chi connectivity index (χ3v) is 3.63. The summed E-state index contributed by atoms with van der Waals surface area (Å²) in [5, 5.41) is 11.7. The fourth-order valence-electron chi connectivity index (χ4n) is 2.47. The van der Waals surface area contributed by atoms with E-state index in [1.165, 1.54) is 6.07 Å². The van der Waals surface area contributed by atoms with Gasteiger partial charge >= 0.3 is 5.97 Å². The van der Waals surface area contributed by atoms with Crippen molar-refractivity contribution >= 4 is 11.9 Å². The van der Waals surface area contributed by atoms with Crippen molar-refractivity contribution in [3.63, 3.8) is 0 Å². The summed E-state index contributed by atoms with van der Waals surface area (Å²) in [6, 6.07) is 6.80. The van der Waals surface area contributed by atoms with Gasteiger partial charge in [0.1, 0.15) is 30.3 Å². The molecule has 7 nitrogen and oxygen atoms in total. The molecule has 0 unspecified atom stereocenters. The number of nitrogens with one attached hydrogen (secondary N) is 1. The van der Waals surface area contributed by atoms with E-state index in [0.29, 0.717) is 36.2 Å². The summed E-state index contributed by atoms with van der Waals surface area (Å²) >= 11 is 0. The second kappa shape index (κ2) is 6.66. The summed E-state index contributed by atoms with van der Waals surface area (Å²) in [7, 11) is 0. The number of rotatable bonds is 5. The predicted molar refractivity (Wildman–Crippen MR) is 83.4 cm³/mol. The quantitative estimate of drug-likeness (QED) is 0.868. The summed E-state index contributed by atoms with van der Waals surface area (Å²) in [5.74, 6) is 0.790. The second-order valence-electron chi connectivity index (χ2n) is 5.42. The Labute approximate surface area is 138 Å². The normalized spacial score (nSPS) is 12.7. The number of fused-ring (bicyclic) bond motifs is 1. The molecule has 0 saturated carbocycles. The fourth-order valence-corrected chi connectivity index (χ4v) is 2.47. The zero-order valence-electron chi connectivity index (χ0n) is 13.1. The number of benzene rings is 1. The molecule has 2 N–H and O–H groups in total. The number of carbonyl (C=O) groups excluding carboxylic acids is 1. The molecule has 0 fully saturated rings. The van der Waals surface area contributed by atoms with E-state index in [2.05, 4.69) is 5.32 Å². The van der Waals surface area contributed by atoms with E-state index >= 15 is 0 Å². The molecule has 0 saturated heterocycles. The van der Waals surface area contributed by atoms with Crippen LogP contribution < -0.4 is 14.8 Å². The third kappa shape index (κ3) is 3.51. The van der Waals surface area contributed by atoms with Crippen molar-refractivity contribution in [1.29, 1.82) is 0 Å². The van der Waals surface area contributed by atoms with Crippen LogP contribution in [0.1, 0.15) is 27.4 Å². The molecule has 126 valence electrons. The van der Waals surface area contributed by atoms with Crippen LogP contribution in [0.5, 0.6) is 11.5 Å². The number of hydrogen-bond donors (Lipinski definition) is 2. The molecule has 0 bridgehead atoms. The highest BCUT2D eigenvalue weighted by Gasteiger charge is 2.15. The smallest absolute Gasteiger partial charge is 0.339 e. The molecule has 1 aromatic carbocycles. The molecule has 3 rings (SSSR count). The number of carboxylic acid groups (broad SMARTS) is 1. The molecule has 24 heavy (non-hydrogen) atoms. The van der Waals surface area contributed by atoms with Crippen molar-refractivity contribution in [2.75, 3.05) is 13.2 Å². The number of aryl methyl sites for hydroxylation is 1. The highest BCUT2D eigenvalue weighted by Crippen LogP contribution is 2.30. The number of carbonyl (C=O) groups is 2. The Balaban J connectivity index is 1.58. The minimum absolute atomic E-state index is 0.103. The molecule has 0 spiro atoms. The van der Waals surface area contributed by atoms with Crippen molar-refractivity contribution in [1.82, 2.24) is 5.32 Å². The van der Waals surface area contributed by atoms with Crippen LogP contribution in [0.2, 0.25) is 0 Å². The van der Waals surface area contributed by atoms with Crippen LogP contribution in [-0.2, 0) is 17.8 Å². The van der Waals surface area contributed by atoms with Crippen molar-refractivity contribution in [2.45, 2.75) is 19.9 Å². The summed E-state index contributed by atoms with van der Waals surface area (Å²) in [5.41, 5.74) is 0.907. The third-order valence-electron chi connectivity index (χ3n) is 3.63. The lowest BCUT2D eigenvalue weighted by molar-refractivity contribution is -0.120. The first-order valence-corrected chi connectivity index (χ1v) is 7.51. The van der Waals surface area contributed by atoms with Gasteiger partial charge < -0.3 is 24.3 Å². The van der Waals surface area contributed by atoms with Crippen LogP contribution in [0.15, 0.2) is 28.7 Å². The standard InChI is InChI=1S/C17H17NO6/c1-10-13(17(20)21)8-12(24-10)9-18-16(19)7-11-2-3-14-15(6-11)23-5-4-22-14/h2-3,6,8H,4-5,7,9H2,1H3,(H,18,19)(H,20,21). The van der Waals surface area contributed by atoms with Crippen molar-refractivity contribution < 1.29 is 28.6 Å². The van der Waals surface area contributed by atoms with Crippen molar-refractivity contribution in [3.05, 3.63) is 46.9 Å². The summed E-state index contributed by atoms with van der Waals surface area (Å²) in [6.07, 6.45) is 0.183. The number of furan rings is 1. The first kappa shape index (κ1) is 15.9. The van der Waals surface area contributed by atoms with Gasteiger partial charge in [0.2, 0.25) is 5.91 Å². The molecule has 1 aliphatic heterocycles. The summed E-state index contributed by atoms with van der Waals surface area (Å²) in [6.45, 7) is 2.72. The Bertz CT molecular complexity index is 779.